The van der Waals surface area contributed by atoms with E-state index in [1.807, 2.05) is 30.3 Å². The van der Waals surface area contributed by atoms with Gasteiger partial charge in [-0.2, -0.15) is 0 Å². The molecule has 0 saturated carbocycles. The van der Waals surface area contributed by atoms with E-state index in [1.165, 1.54) is 0 Å². The number of benzene rings is 1. The summed E-state index contributed by atoms with van der Waals surface area (Å²) in [4.78, 5) is 25.1. The highest BCUT2D eigenvalue weighted by Crippen LogP contribution is 2.43. The van der Waals surface area contributed by atoms with Crippen molar-refractivity contribution in [1.29, 1.82) is 0 Å². The van der Waals surface area contributed by atoms with E-state index in [2.05, 4.69) is 21.2 Å². The van der Waals surface area contributed by atoms with Crippen molar-refractivity contribution in [2.45, 2.75) is 18.3 Å². The van der Waals surface area contributed by atoms with Gasteiger partial charge in [-0.05, 0) is 39.7 Å². The Hall–Kier alpha value is -1.17. The van der Waals surface area contributed by atoms with Crippen LogP contribution < -0.4 is 5.32 Å². The molecule has 0 spiro atoms. The lowest BCUT2D eigenvalue weighted by Gasteiger charge is -2.30. The van der Waals surface area contributed by atoms with Crippen molar-refractivity contribution in [2.24, 2.45) is 0 Å². The van der Waals surface area contributed by atoms with Crippen LogP contribution in [0.15, 0.2) is 40.2 Å². The predicted octanol–water partition coefficient (Wildman–Crippen LogP) is 4.08. The van der Waals surface area contributed by atoms with Crippen LogP contribution >= 0.6 is 38.9 Å². The topological polar surface area (TPSA) is 46.2 Å². The van der Waals surface area contributed by atoms with Gasteiger partial charge in [-0.15, -0.1) is 11.3 Å². The second kappa shape index (κ2) is 5.91. The molecular weight excluding hydrogens is 374 g/mol. The third-order valence-corrected chi connectivity index (χ3v) is 5.65. The molecule has 0 aliphatic carbocycles. The van der Waals surface area contributed by atoms with Gasteiger partial charge in [0.25, 0.3) is 0 Å². The van der Waals surface area contributed by atoms with Crippen LogP contribution in [0.2, 0.25) is 5.02 Å². The molecule has 0 bridgehead atoms. The van der Waals surface area contributed by atoms with Crippen molar-refractivity contribution in [1.82, 2.24) is 5.32 Å². The molecule has 1 aromatic carbocycles. The summed E-state index contributed by atoms with van der Waals surface area (Å²) in [6.45, 7) is 0. The SMILES string of the molecule is O=C1CC(c2ccc(Br)s2)C(c2ccccc2Cl)C(=O)N1. The summed E-state index contributed by atoms with van der Waals surface area (Å²) in [6.07, 6.45) is 0.286. The lowest BCUT2D eigenvalue weighted by atomic mass is 9.79. The van der Waals surface area contributed by atoms with Crippen LogP contribution in [0.5, 0.6) is 0 Å². The van der Waals surface area contributed by atoms with Crippen molar-refractivity contribution >= 4 is 50.7 Å². The summed E-state index contributed by atoms with van der Waals surface area (Å²) in [5, 5.41) is 2.97. The highest BCUT2D eigenvalue weighted by atomic mass is 79.9. The summed E-state index contributed by atoms with van der Waals surface area (Å²) in [6, 6.07) is 11.2. The zero-order valence-corrected chi connectivity index (χ0v) is 14.0. The summed E-state index contributed by atoms with van der Waals surface area (Å²) < 4.78 is 0.980. The minimum atomic E-state index is -0.443. The van der Waals surface area contributed by atoms with Crippen LogP contribution in [0, 0.1) is 0 Å². The molecule has 3 nitrogen and oxygen atoms in total. The van der Waals surface area contributed by atoms with Gasteiger partial charge in [-0.25, -0.2) is 0 Å². The van der Waals surface area contributed by atoms with Gasteiger partial charge < -0.3 is 0 Å². The molecule has 1 aromatic heterocycles. The Bertz CT molecular complexity index is 715. The fourth-order valence-corrected chi connectivity index (χ4v) is 4.46. The number of thiophene rings is 1. The maximum atomic E-state index is 12.4. The second-order valence-electron chi connectivity index (χ2n) is 4.86. The minimum Gasteiger partial charge on any atom is -0.296 e. The maximum Gasteiger partial charge on any atom is 0.234 e. The Morgan fingerprint density at radius 3 is 2.62 bits per heavy atom. The zero-order chi connectivity index (χ0) is 15.0. The number of hydrogen-bond donors (Lipinski definition) is 1. The number of halogens is 2. The molecule has 3 rings (SSSR count). The smallest absolute Gasteiger partial charge is 0.234 e. The molecule has 1 aliphatic rings. The van der Waals surface area contributed by atoms with Crippen molar-refractivity contribution in [3.63, 3.8) is 0 Å². The molecule has 2 amide bonds. The van der Waals surface area contributed by atoms with Crippen LogP contribution in [0.25, 0.3) is 0 Å². The number of carbonyl (C=O) groups excluding carboxylic acids is 2. The standard InChI is InChI=1S/C15H11BrClNO2S/c16-12-6-5-11(21-12)9-7-13(19)18-15(20)14(9)8-3-1-2-4-10(8)17/h1-6,9,14H,7H2,(H,18,19,20). The lowest BCUT2D eigenvalue weighted by Crippen LogP contribution is -2.43. The first kappa shape index (κ1) is 14.8. The molecule has 6 heteroatoms. The first-order valence-corrected chi connectivity index (χ1v) is 8.38. The predicted molar refractivity (Wildman–Crippen MR) is 86.7 cm³/mol. The van der Waals surface area contributed by atoms with Crippen LogP contribution in [0.3, 0.4) is 0 Å². The van der Waals surface area contributed by atoms with Crippen molar-refractivity contribution in [3.8, 4) is 0 Å². The van der Waals surface area contributed by atoms with Gasteiger partial charge in [0.05, 0.1) is 9.70 Å². The van der Waals surface area contributed by atoms with Crippen molar-refractivity contribution in [2.75, 3.05) is 0 Å². The molecule has 2 unspecified atom stereocenters. The van der Waals surface area contributed by atoms with Crippen molar-refractivity contribution < 1.29 is 9.59 Å². The summed E-state index contributed by atoms with van der Waals surface area (Å²) >= 11 is 11.2. The highest BCUT2D eigenvalue weighted by molar-refractivity contribution is 9.11. The number of hydrogen-bond acceptors (Lipinski definition) is 3. The van der Waals surface area contributed by atoms with E-state index in [0.717, 1.165) is 14.2 Å². The second-order valence-corrected chi connectivity index (χ2v) is 7.77. The molecule has 2 heterocycles. The zero-order valence-electron chi connectivity index (χ0n) is 10.8. The van der Waals surface area contributed by atoms with E-state index in [4.69, 9.17) is 11.6 Å². The van der Waals surface area contributed by atoms with E-state index in [0.29, 0.717) is 5.02 Å². The molecule has 1 N–H and O–H groups in total. The largest absolute Gasteiger partial charge is 0.296 e. The summed E-state index contributed by atoms with van der Waals surface area (Å²) in [5.74, 6) is -1.14. The monoisotopic (exact) mass is 383 g/mol. The first-order valence-electron chi connectivity index (χ1n) is 6.39. The summed E-state index contributed by atoms with van der Waals surface area (Å²) in [7, 11) is 0. The van der Waals surface area contributed by atoms with Crippen LogP contribution in [0.1, 0.15) is 28.7 Å². The Labute approximate surface area is 139 Å². The van der Waals surface area contributed by atoms with Gasteiger partial charge in [0.2, 0.25) is 11.8 Å². The maximum absolute atomic E-state index is 12.4. The van der Waals surface area contributed by atoms with E-state index in [1.54, 1.807) is 17.4 Å². The lowest BCUT2D eigenvalue weighted by molar-refractivity contribution is -0.135. The average Bonchev–Trinajstić information content (AvgIpc) is 2.86. The molecule has 1 aliphatic heterocycles. The van der Waals surface area contributed by atoms with Crippen LogP contribution in [-0.2, 0) is 9.59 Å². The average molecular weight is 385 g/mol. The fourth-order valence-electron chi connectivity index (χ4n) is 2.64. The molecule has 0 radical (unpaired) electrons. The Kier molecular flexibility index (Phi) is 4.15. The minimum absolute atomic E-state index is 0.178. The molecule has 21 heavy (non-hydrogen) atoms. The van der Waals surface area contributed by atoms with E-state index >= 15 is 0 Å². The number of amides is 2. The third kappa shape index (κ3) is 2.91. The van der Waals surface area contributed by atoms with Gasteiger partial charge >= 0.3 is 0 Å². The molecule has 1 fully saturated rings. The van der Waals surface area contributed by atoms with Gasteiger partial charge in [0.1, 0.15) is 0 Å². The number of piperidine rings is 1. The summed E-state index contributed by atoms with van der Waals surface area (Å²) in [5.41, 5.74) is 0.763. The molecular formula is C15H11BrClNO2S. The number of imide groups is 1. The first-order chi connectivity index (χ1) is 10.1. The number of carbonyl (C=O) groups is 2. The van der Waals surface area contributed by atoms with Crippen LogP contribution in [-0.4, -0.2) is 11.8 Å². The van der Waals surface area contributed by atoms with Gasteiger partial charge in [0, 0.05) is 22.2 Å². The quantitative estimate of drug-likeness (QED) is 0.793. The van der Waals surface area contributed by atoms with Crippen molar-refractivity contribution in [3.05, 3.63) is 55.6 Å². The van der Waals surface area contributed by atoms with E-state index in [-0.39, 0.29) is 24.2 Å². The highest BCUT2D eigenvalue weighted by Gasteiger charge is 2.39. The molecule has 1 saturated heterocycles. The Morgan fingerprint density at radius 1 is 1.19 bits per heavy atom. The van der Waals surface area contributed by atoms with E-state index in [9.17, 15) is 9.59 Å². The normalized spacial score (nSPS) is 22.2. The van der Waals surface area contributed by atoms with Gasteiger partial charge in [0.15, 0.2) is 0 Å². The number of nitrogens with one attached hydrogen (secondary N) is 1. The third-order valence-electron chi connectivity index (χ3n) is 3.55. The van der Waals surface area contributed by atoms with Gasteiger partial charge in [-0.3, -0.25) is 14.9 Å². The molecule has 108 valence electrons. The molecule has 2 aromatic rings. The molecule has 2 atom stereocenters. The fraction of sp³-hybridized carbons (Fsp3) is 0.200. The van der Waals surface area contributed by atoms with Gasteiger partial charge in [-0.1, -0.05) is 29.8 Å². The Morgan fingerprint density at radius 2 is 1.95 bits per heavy atom. The number of rotatable bonds is 2. The Balaban J connectivity index is 2.07. The van der Waals surface area contributed by atoms with Crippen LogP contribution in [0.4, 0.5) is 0 Å². The van der Waals surface area contributed by atoms with E-state index < -0.39 is 5.92 Å².